The molecule has 0 bridgehead atoms. The van der Waals surface area contributed by atoms with Crippen LogP contribution >= 0.6 is 23.2 Å². The molecule has 33 heavy (non-hydrogen) atoms. The molecule has 2 fully saturated rings. The Morgan fingerprint density at radius 2 is 1.67 bits per heavy atom. The molecule has 2 aromatic carbocycles. The summed E-state index contributed by atoms with van der Waals surface area (Å²) in [6, 6.07) is 12.1. The van der Waals surface area contributed by atoms with Crippen molar-refractivity contribution in [3.05, 3.63) is 69.5 Å². The molecule has 2 aromatic rings. The Morgan fingerprint density at radius 3 is 2.27 bits per heavy atom. The van der Waals surface area contributed by atoms with E-state index in [1.807, 2.05) is 17.0 Å². The van der Waals surface area contributed by atoms with Gasteiger partial charge in [0.25, 0.3) is 5.91 Å². The summed E-state index contributed by atoms with van der Waals surface area (Å²) in [6.45, 7) is 11.4. The van der Waals surface area contributed by atoms with Gasteiger partial charge in [0.05, 0.1) is 10.0 Å². The SMILES string of the molecule is CC(C)(C)C1CN(C(=O)c2ccc(Cl)c(Cl)c2)C[C@H]1CN1CCC(c2ccc(F)cc2)CC1. The summed E-state index contributed by atoms with van der Waals surface area (Å²) in [4.78, 5) is 17.8. The van der Waals surface area contributed by atoms with Crippen LogP contribution in [0.4, 0.5) is 4.39 Å². The lowest BCUT2D eigenvalue weighted by atomic mass is 9.74. The normalized spacial score (nSPS) is 22.7. The Kier molecular flexibility index (Phi) is 7.38. The molecule has 2 heterocycles. The van der Waals surface area contributed by atoms with Crippen LogP contribution in [0, 0.1) is 23.1 Å². The molecule has 2 atom stereocenters. The van der Waals surface area contributed by atoms with E-state index in [-0.39, 0.29) is 17.1 Å². The Bertz CT molecular complexity index is 981. The Hall–Kier alpha value is -1.62. The molecule has 6 heteroatoms. The molecule has 2 saturated heterocycles. The maximum Gasteiger partial charge on any atom is 0.253 e. The third kappa shape index (κ3) is 5.72. The van der Waals surface area contributed by atoms with Gasteiger partial charge in [-0.15, -0.1) is 0 Å². The van der Waals surface area contributed by atoms with Gasteiger partial charge in [-0.25, -0.2) is 4.39 Å². The van der Waals surface area contributed by atoms with Crippen LogP contribution in [0.1, 0.15) is 55.5 Å². The molecule has 1 amide bonds. The lowest BCUT2D eigenvalue weighted by molar-refractivity contribution is 0.0775. The standard InChI is InChI=1S/C27H33Cl2FN2O/c1-27(2,3)23-17-32(26(33)20-6-9-24(28)25(29)14-20)16-21(23)15-31-12-10-19(11-13-31)18-4-7-22(30)8-5-18/h4-9,14,19,21,23H,10-13,15-17H2,1-3H3/t21-,23?/m1/s1. The van der Waals surface area contributed by atoms with Crippen LogP contribution in [0.25, 0.3) is 0 Å². The molecule has 4 rings (SSSR count). The number of hydrogen-bond donors (Lipinski definition) is 0. The zero-order chi connectivity index (χ0) is 23.8. The first-order valence-corrected chi connectivity index (χ1v) is 12.6. The maximum absolute atomic E-state index is 13.3. The van der Waals surface area contributed by atoms with Crippen LogP contribution in [0.3, 0.4) is 0 Å². The average Bonchev–Trinajstić information content (AvgIpc) is 3.21. The molecular weight excluding hydrogens is 458 g/mol. The fourth-order valence-electron chi connectivity index (χ4n) is 5.53. The van der Waals surface area contributed by atoms with E-state index < -0.39 is 0 Å². The highest BCUT2D eigenvalue weighted by molar-refractivity contribution is 6.42. The quantitative estimate of drug-likeness (QED) is 0.473. The van der Waals surface area contributed by atoms with Crippen molar-refractivity contribution in [1.29, 1.82) is 0 Å². The van der Waals surface area contributed by atoms with Crippen molar-refractivity contribution >= 4 is 29.1 Å². The number of hydrogen-bond acceptors (Lipinski definition) is 2. The highest BCUT2D eigenvalue weighted by Gasteiger charge is 2.42. The van der Waals surface area contributed by atoms with Gasteiger partial charge in [-0.05, 0) is 85.0 Å². The summed E-state index contributed by atoms with van der Waals surface area (Å²) in [5.74, 6) is 1.21. The van der Waals surface area contributed by atoms with Crippen LogP contribution in [0.15, 0.2) is 42.5 Å². The van der Waals surface area contributed by atoms with E-state index in [0.717, 1.165) is 45.6 Å². The number of piperidine rings is 1. The van der Waals surface area contributed by atoms with Crippen LogP contribution in [-0.2, 0) is 0 Å². The molecule has 1 unspecified atom stereocenters. The number of carbonyl (C=O) groups excluding carboxylic acids is 1. The molecule has 3 nitrogen and oxygen atoms in total. The first-order chi connectivity index (χ1) is 15.6. The molecule has 0 aromatic heterocycles. The first-order valence-electron chi connectivity index (χ1n) is 11.8. The third-order valence-electron chi connectivity index (χ3n) is 7.43. The van der Waals surface area contributed by atoms with Crippen molar-refractivity contribution in [3.8, 4) is 0 Å². The summed E-state index contributed by atoms with van der Waals surface area (Å²) < 4.78 is 13.3. The Balaban J connectivity index is 1.40. The number of halogens is 3. The van der Waals surface area contributed by atoms with E-state index in [1.54, 1.807) is 30.3 Å². The lowest BCUT2D eigenvalue weighted by Crippen LogP contribution is -2.40. The molecule has 0 aliphatic carbocycles. The van der Waals surface area contributed by atoms with Crippen molar-refractivity contribution < 1.29 is 9.18 Å². The highest BCUT2D eigenvalue weighted by atomic mass is 35.5. The minimum atomic E-state index is -0.175. The van der Waals surface area contributed by atoms with Gasteiger partial charge in [-0.1, -0.05) is 56.1 Å². The summed E-state index contributed by atoms with van der Waals surface area (Å²) >= 11 is 12.2. The van der Waals surface area contributed by atoms with Crippen molar-refractivity contribution in [2.45, 2.75) is 39.5 Å². The van der Waals surface area contributed by atoms with Crippen LogP contribution in [0.5, 0.6) is 0 Å². The smallest absolute Gasteiger partial charge is 0.253 e. The second-order valence-corrected chi connectivity index (χ2v) is 11.5. The summed E-state index contributed by atoms with van der Waals surface area (Å²) in [6.07, 6.45) is 2.18. The van der Waals surface area contributed by atoms with Gasteiger partial charge >= 0.3 is 0 Å². The molecule has 0 spiro atoms. The van der Waals surface area contributed by atoms with Crippen LogP contribution in [-0.4, -0.2) is 48.4 Å². The lowest BCUT2D eigenvalue weighted by Gasteiger charge is -2.37. The van der Waals surface area contributed by atoms with Gasteiger partial charge in [-0.2, -0.15) is 0 Å². The van der Waals surface area contributed by atoms with E-state index in [2.05, 4.69) is 25.7 Å². The van der Waals surface area contributed by atoms with E-state index in [4.69, 9.17) is 23.2 Å². The number of nitrogens with zero attached hydrogens (tertiary/aromatic N) is 2. The Morgan fingerprint density at radius 1 is 1.00 bits per heavy atom. The summed E-state index contributed by atoms with van der Waals surface area (Å²) in [7, 11) is 0. The van der Waals surface area contributed by atoms with Crippen molar-refractivity contribution in [2.24, 2.45) is 17.3 Å². The number of likely N-dealkylation sites (tertiary alicyclic amines) is 2. The summed E-state index contributed by atoms with van der Waals surface area (Å²) in [5, 5.41) is 0.874. The largest absolute Gasteiger partial charge is 0.338 e. The maximum atomic E-state index is 13.3. The number of rotatable bonds is 4. The van der Waals surface area contributed by atoms with Crippen molar-refractivity contribution in [2.75, 3.05) is 32.7 Å². The summed E-state index contributed by atoms with van der Waals surface area (Å²) in [5.41, 5.74) is 1.95. The molecular formula is C27H33Cl2FN2O. The van der Waals surface area contributed by atoms with Gasteiger partial charge in [0.1, 0.15) is 5.82 Å². The monoisotopic (exact) mass is 490 g/mol. The molecule has 2 aliphatic heterocycles. The van der Waals surface area contributed by atoms with Crippen molar-refractivity contribution in [1.82, 2.24) is 9.80 Å². The van der Waals surface area contributed by atoms with Gasteiger partial charge < -0.3 is 9.80 Å². The number of amides is 1. The van der Waals surface area contributed by atoms with Gasteiger partial charge in [-0.3, -0.25) is 4.79 Å². The zero-order valence-electron chi connectivity index (χ0n) is 19.7. The van der Waals surface area contributed by atoms with E-state index in [9.17, 15) is 9.18 Å². The topological polar surface area (TPSA) is 23.6 Å². The van der Waals surface area contributed by atoms with Gasteiger partial charge in [0, 0.05) is 25.2 Å². The second-order valence-electron chi connectivity index (χ2n) is 10.7. The average molecular weight is 491 g/mol. The van der Waals surface area contributed by atoms with Gasteiger partial charge in [0.15, 0.2) is 0 Å². The molecule has 0 radical (unpaired) electrons. The minimum Gasteiger partial charge on any atom is -0.338 e. The predicted octanol–water partition coefficient (Wildman–Crippen LogP) is 6.75. The Labute approximate surface area is 206 Å². The molecule has 178 valence electrons. The highest BCUT2D eigenvalue weighted by Crippen LogP contribution is 2.40. The van der Waals surface area contributed by atoms with E-state index >= 15 is 0 Å². The minimum absolute atomic E-state index is 0.0281. The van der Waals surface area contributed by atoms with E-state index in [1.165, 1.54) is 5.56 Å². The van der Waals surface area contributed by atoms with Crippen LogP contribution < -0.4 is 0 Å². The molecule has 0 saturated carbocycles. The second kappa shape index (κ2) is 9.93. The molecule has 0 N–H and O–H groups in total. The van der Waals surface area contributed by atoms with Gasteiger partial charge in [0.2, 0.25) is 0 Å². The molecule has 2 aliphatic rings. The fourth-order valence-corrected chi connectivity index (χ4v) is 5.83. The number of benzene rings is 2. The van der Waals surface area contributed by atoms with Crippen molar-refractivity contribution in [3.63, 3.8) is 0 Å². The zero-order valence-corrected chi connectivity index (χ0v) is 21.2. The third-order valence-corrected chi connectivity index (χ3v) is 8.17. The fraction of sp³-hybridized carbons (Fsp3) is 0.519. The first kappa shape index (κ1) is 24.5. The van der Waals surface area contributed by atoms with E-state index in [0.29, 0.717) is 33.4 Å². The predicted molar refractivity (Wildman–Crippen MR) is 134 cm³/mol. The number of carbonyl (C=O) groups is 1. The van der Waals surface area contributed by atoms with Crippen LogP contribution in [0.2, 0.25) is 10.0 Å².